The van der Waals surface area contributed by atoms with Crippen LogP contribution in [0.15, 0.2) is 55.1 Å². The molecule has 0 radical (unpaired) electrons. The maximum atomic E-state index is 11.1. The second-order valence-corrected chi connectivity index (χ2v) is 3.94. The molecule has 0 fully saturated rings. The van der Waals surface area contributed by atoms with E-state index in [4.69, 9.17) is 5.73 Å². The SMILES string of the molecule is C=C(C(N)=O)c1cc(-c2ccccc2)ccc1O. The molecule has 3 N–H and O–H groups in total. The van der Waals surface area contributed by atoms with Gasteiger partial charge in [-0.2, -0.15) is 0 Å². The summed E-state index contributed by atoms with van der Waals surface area (Å²) >= 11 is 0. The van der Waals surface area contributed by atoms with Gasteiger partial charge < -0.3 is 10.8 Å². The number of rotatable bonds is 3. The molecule has 0 heterocycles. The number of primary amides is 1. The van der Waals surface area contributed by atoms with E-state index in [1.54, 1.807) is 12.1 Å². The Morgan fingerprint density at radius 1 is 1.06 bits per heavy atom. The third-order valence-electron chi connectivity index (χ3n) is 2.73. The molecular formula is C15H13NO2. The van der Waals surface area contributed by atoms with Crippen LogP contribution in [-0.2, 0) is 4.79 Å². The van der Waals surface area contributed by atoms with E-state index in [1.807, 2.05) is 30.3 Å². The van der Waals surface area contributed by atoms with Crippen LogP contribution in [0.4, 0.5) is 0 Å². The van der Waals surface area contributed by atoms with Crippen molar-refractivity contribution in [1.82, 2.24) is 0 Å². The predicted octanol–water partition coefficient (Wildman–Crippen LogP) is 2.56. The maximum absolute atomic E-state index is 11.1. The first-order valence-corrected chi connectivity index (χ1v) is 5.47. The molecule has 3 heteroatoms. The van der Waals surface area contributed by atoms with Crippen molar-refractivity contribution in [3.8, 4) is 16.9 Å². The fourth-order valence-electron chi connectivity index (χ4n) is 1.72. The van der Waals surface area contributed by atoms with E-state index in [9.17, 15) is 9.90 Å². The van der Waals surface area contributed by atoms with Crippen LogP contribution in [0.1, 0.15) is 5.56 Å². The quantitative estimate of drug-likeness (QED) is 0.808. The van der Waals surface area contributed by atoms with Crippen LogP contribution >= 0.6 is 0 Å². The molecule has 0 bridgehead atoms. The van der Waals surface area contributed by atoms with E-state index < -0.39 is 5.91 Å². The van der Waals surface area contributed by atoms with Gasteiger partial charge in [0.1, 0.15) is 5.75 Å². The first-order valence-electron chi connectivity index (χ1n) is 5.47. The van der Waals surface area contributed by atoms with Gasteiger partial charge in [-0.15, -0.1) is 0 Å². The summed E-state index contributed by atoms with van der Waals surface area (Å²) < 4.78 is 0. The average Bonchev–Trinajstić information content (AvgIpc) is 2.39. The minimum Gasteiger partial charge on any atom is -0.507 e. The molecule has 0 saturated heterocycles. The minimum absolute atomic E-state index is 0.00141. The summed E-state index contributed by atoms with van der Waals surface area (Å²) in [5.41, 5.74) is 7.53. The van der Waals surface area contributed by atoms with Gasteiger partial charge in [0.15, 0.2) is 0 Å². The molecule has 0 atom stereocenters. The normalized spacial score (nSPS) is 10.0. The number of nitrogens with two attached hydrogens (primary N) is 1. The summed E-state index contributed by atoms with van der Waals surface area (Å²) in [5.74, 6) is -0.644. The molecule has 18 heavy (non-hydrogen) atoms. The first kappa shape index (κ1) is 11.9. The summed E-state index contributed by atoms with van der Waals surface area (Å²) in [7, 11) is 0. The van der Waals surface area contributed by atoms with Crippen LogP contribution in [0, 0.1) is 0 Å². The van der Waals surface area contributed by atoms with Gasteiger partial charge in [-0.25, -0.2) is 0 Å². The van der Waals surface area contributed by atoms with E-state index in [-0.39, 0.29) is 11.3 Å². The van der Waals surface area contributed by atoms with Crippen molar-refractivity contribution < 1.29 is 9.90 Å². The summed E-state index contributed by atoms with van der Waals surface area (Å²) in [6, 6.07) is 14.7. The van der Waals surface area contributed by atoms with Gasteiger partial charge in [0.2, 0.25) is 5.91 Å². The molecule has 90 valence electrons. The number of benzene rings is 2. The monoisotopic (exact) mass is 239 g/mol. The lowest BCUT2D eigenvalue weighted by Crippen LogP contribution is -2.12. The summed E-state index contributed by atoms with van der Waals surface area (Å²) in [4.78, 5) is 11.1. The highest BCUT2D eigenvalue weighted by Crippen LogP contribution is 2.29. The smallest absolute Gasteiger partial charge is 0.248 e. The van der Waals surface area contributed by atoms with Gasteiger partial charge in [0.25, 0.3) is 0 Å². The molecule has 0 spiro atoms. The standard InChI is InChI=1S/C15H13NO2/c1-10(15(16)18)13-9-12(7-8-14(13)17)11-5-3-2-4-6-11/h2-9,17H,1H2,(H2,16,18). The molecule has 0 aliphatic rings. The lowest BCUT2D eigenvalue weighted by molar-refractivity contribution is -0.112. The molecule has 0 aliphatic carbocycles. The van der Waals surface area contributed by atoms with Gasteiger partial charge in [0.05, 0.1) is 0 Å². The van der Waals surface area contributed by atoms with Crippen LogP contribution < -0.4 is 5.73 Å². The van der Waals surface area contributed by atoms with Crippen molar-refractivity contribution in [2.45, 2.75) is 0 Å². The van der Waals surface area contributed by atoms with Crippen LogP contribution in [-0.4, -0.2) is 11.0 Å². The zero-order valence-electron chi connectivity index (χ0n) is 9.76. The highest BCUT2D eigenvalue weighted by atomic mass is 16.3. The van der Waals surface area contributed by atoms with Crippen molar-refractivity contribution in [2.75, 3.05) is 0 Å². The molecule has 2 aromatic rings. The Labute approximate surface area is 105 Å². The molecule has 1 amide bonds. The average molecular weight is 239 g/mol. The number of carbonyl (C=O) groups excluding carboxylic acids is 1. The number of phenolic OH excluding ortho intramolecular Hbond substituents is 1. The van der Waals surface area contributed by atoms with Crippen molar-refractivity contribution >= 4 is 11.5 Å². The number of phenols is 1. The minimum atomic E-state index is -0.643. The molecular weight excluding hydrogens is 226 g/mol. The Bertz CT molecular complexity index is 603. The highest BCUT2D eigenvalue weighted by molar-refractivity contribution is 6.18. The maximum Gasteiger partial charge on any atom is 0.248 e. The van der Waals surface area contributed by atoms with E-state index >= 15 is 0 Å². The lowest BCUT2D eigenvalue weighted by atomic mass is 9.98. The van der Waals surface area contributed by atoms with E-state index in [0.717, 1.165) is 11.1 Å². The zero-order valence-corrected chi connectivity index (χ0v) is 9.76. The summed E-state index contributed by atoms with van der Waals surface area (Å²) in [5, 5.41) is 9.73. The lowest BCUT2D eigenvalue weighted by Gasteiger charge is -2.08. The second kappa shape index (κ2) is 4.75. The fourth-order valence-corrected chi connectivity index (χ4v) is 1.72. The Kier molecular flexibility index (Phi) is 3.15. The molecule has 3 nitrogen and oxygen atoms in total. The van der Waals surface area contributed by atoms with Gasteiger partial charge in [-0.1, -0.05) is 43.0 Å². The van der Waals surface area contributed by atoms with Crippen molar-refractivity contribution in [3.63, 3.8) is 0 Å². The third kappa shape index (κ3) is 2.25. The Balaban J connectivity index is 2.51. The van der Waals surface area contributed by atoms with Crippen LogP contribution in [0.5, 0.6) is 5.75 Å². The topological polar surface area (TPSA) is 63.3 Å². The summed E-state index contributed by atoms with van der Waals surface area (Å²) in [6.45, 7) is 3.59. The number of hydrogen-bond acceptors (Lipinski definition) is 2. The van der Waals surface area contributed by atoms with Crippen LogP contribution in [0.25, 0.3) is 16.7 Å². The summed E-state index contributed by atoms with van der Waals surface area (Å²) in [6.07, 6.45) is 0. The van der Waals surface area contributed by atoms with Crippen molar-refractivity contribution in [2.24, 2.45) is 5.73 Å². The highest BCUT2D eigenvalue weighted by Gasteiger charge is 2.11. The Morgan fingerprint density at radius 2 is 1.72 bits per heavy atom. The van der Waals surface area contributed by atoms with Crippen molar-refractivity contribution in [1.29, 1.82) is 0 Å². The van der Waals surface area contributed by atoms with Gasteiger partial charge in [-0.05, 0) is 23.3 Å². The molecule has 2 rings (SSSR count). The second-order valence-electron chi connectivity index (χ2n) is 3.94. The third-order valence-corrected chi connectivity index (χ3v) is 2.73. The zero-order chi connectivity index (χ0) is 13.1. The molecule has 0 saturated carbocycles. The number of aromatic hydroxyl groups is 1. The number of hydrogen-bond donors (Lipinski definition) is 2. The first-order chi connectivity index (χ1) is 8.59. The fraction of sp³-hybridized carbons (Fsp3) is 0. The molecule has 0 unspecified atom stereocenters. The number of amides is 1. The molecule has 2 aromatic carbocycles. The Hall–Kier alpha value is -2.55. The largest absolute Gasteiger partial charge is 0.507 e. The van der Waals surface area contributed by atoms with Gasteiger partial charge >= 0.3 is 0 Å². The van der Waals surface area contributed by atoms with E-state index in [0.29, 0.717) is 5.56 Å². The van der Waals surface area contributed by atoms with Gasteiger partial charge in [-0.3, -0.25) is 4.79 Å². The predicted molar refractivity (Wildman–Crippen MR) is 71.8 cm³/mol. The van der Waals surface area contributed by atoms with Crippen LogP contribution in [0.3, 0.4) is 0 Å². The van der Waals surface area contributed by atoms with E-state index in [2.05, 4.69) is 6.58 Å². The molecule has 0 aromatic heterocycles. The Morgan fingerprint density at radius 3 is 2.33 bits per heavy atom. The van der Waals surface area contributed by atoms with Gasteiger partial charge in [0, 0.05) is 11.1 Å². The van der Waals surface area contributed by atoms with Crippen molar-refractivity contribution in [3.05, 3.63) is 60.7 Å². The number of carbonyl (C=O) groups is 1. The van der Waals surface area contributed by atoms with E-state index in [1.165, 1.54) is 6.07 Å². The van der Waals surface area contributed by atoms with Crippen LogP contribution in [0.2, 0.25) is 0 Å². The molecule has 0 aliphatic heterocycles.